The average Bonchev–Trinajstić information content (AvgIpc) is 2.78. The monoisotopic (exact) mass is 398 g/mol. The van der Waals surface area contributed by atoms with Gasteiger partial charge in [-0.25, -0.2) is 14.8 Å². The molecule has 2 heterocycles. The van der Waals surface area contributed by atoms with Crippen LogP contribution in [0.25, 0.3) is 0 Å². The molecule has 1 aromatic heterocycles. The first kappa shape index (κ1) is 20.4. The second-order valence-corrected chi connectivity index (χ2v) is 6.76. The van der Waals surface area contributed by atoms with Gasteiger partial charge in [-0.05, 0) is 30.7 Å². The number of nitrogens with zero attached hydrogens (tertiary/aromatic N) is 4. The third kappa shape index (κ3) is 5.56. The predicted molar refractivity (Wildman–Crippen MR) is 109 cm³/mol. The van der Waals surface area contributed by atoms with E-state index in [-0.39, 0.29) is 11.9 Å². The van der Waals surface area contributed by atoms with Crippen molar-refractivity contribution < 1.29 is 14.3 Å². The number of anilines is 1. The highest BCUT2D eigenvalue weighted by molar-refractivity contribution is 5.86. The van der Waals surface area contributed by atoms with Gasteiger partial charge in [0.05, 0.1) is 7.11 Å². The molecule has 154 valence electrons. The standard InChI is InChI=1S/C20H26N6O3/c1-15(18(27)23-14-16-4-6-17(29-2)7-5-16)24-20(28)26-12-10-25(11-13-26)19-21-8-3-9-22-19/h3-9,15H,10-14H2,1-2H3,(H,23,27)(H,24,28). The smallest absolute Gasteiger partial charge is 0.318 e. The van der Waals surface area contributed by atoms with Crippen LogP contribution in [-0.4, -0.2) is 66.1 Å². The first-order chi connectivity index (χ1) is 14.1. The second-order valence-electron chi connectivity index (χ2n) is 6.76. The number of urea groups is 1. The number of hydrogen-bond acceptors (Lipinski definition) is 6. The number of carbonyl (C=O) groups excluding carboxylic acids is 2. The van der Waals surface area contributed by atoms with Gasteiger partial charge in [0.2, 0.25) is 11.9 Å². The van der Waals surface area contributed by atoms with Crippen molar-refractivity contribution in [1.29, 1.82) is 0 Å². The van der Waals surface area contributed by atoms with Crippen LogP contribution >= 0.6 is 0 Å². The molecule has 2 N–H and O–H groups in total. The number of benzene rings is 1. The Kier molecular flexibility index (Phi) is 6.83. The minimum atomic E-state index is -0.628. The van der Waals surface area contributed by atoms with Gasteiger partial charge in [0.25, 0.3) is 0 Å². The lowest BCUT2D eigenvalue weighted by Crippen LogP contribution is -2.55. The topological polar surface area (TPSA) is 99.7 Å². The Labute approximate surface area is 170 Å². The van der Waals surface area contributed by atoms with Gasteiger partial charge < -0.3 is 25.2 Å². The zero-order chi connectivity index (χ0) is 20.6. The van der Waals surface area contributed by atoms with Gasteiger partial charge in [-0.1, -0.05) is 12.1 Å². The van der Waals surface area contributed by atoms with Crippen LogP contribution in [0.3, 0.4) is 0 Å². The van der Waals surface area contributed by atoms with Gasteiger partial charge in [-0.15, -0.1) is 0 Å². The molecule has 0 spiro atoms. The maximum atomic E-state index is 12.5. The highest BCUT2D eigenvalue weighted by Gasteiger charge is 2.24. The lowest BCUT2D eigenvalue weighted by molar-refractivity contribution is -0.122. The van der Waals surface area contributed by atoms with Crippen LogP contribution in [0.15, 0.2) is 42.7 Å². The Hall–Kier alpha value is -3.36. The van der Waals surface area contributed by atoms with Gasteiger partial charge in [-0.3, -0.25) is 4.79 Å². The second kappa shape index (κ2) is 9.72. The van der Waals surface area contributed by atoms with Gasteiger partial charge in [0.1, 0.15) is 11.8 Å². The predicted octanol–water partition coefficient (Wildman–Crippen LogP) is 1.02. The molecule has 3 amide bonds. The molecule has 0 bridgehead atoms. The Morgan fingerprint density at radius 3 is 2.38 bits per heavy atom. The van der Waals surface area contributed by atoms with Crippen molar-refractivity contribution in [2.45, 2.75) is 19.5 Å². The fraction of sp³-hybridized carbons (Fsp3) is 0.400. The van der Waals surface area contributed by atoms with Crippen molar-refractivity contribution in [2.75, 3.05) is 38.2 Å². The van der Waals surface area contributed by atoms with Gasteiger partial charge in [-0.2, -0.15) is 0 Å². The van der Waals surface area contributed by atoms with Gasteiger partial charge in [0, 0.05) is 45.1 Å². The fourth-order valence-electron chi connectivity index (χ4n) is 2.99. The SMILES string of the molecule is COc1ccc(CNC(=O)C(C)NC(=O)N2CCN(c3ncccn3)CC2)cc1. The third-order valence-corrected chi connectivity index (χ3v) is 4.76. The lowest BCUT2D eigenvalue weighted by Gasteiger charge is -2.35. The molecule has 0 saturated carbocycles. The van der Waals surface area contributed by atoms with E-state index >= 15 is 0 Å². The van der Waals surface area contributed by atoms with E-state index in [0.717, 1.165) is 11.3 Å². The first-order valence-corrected chi connectivity index (χ1v) is 9.55. The molecule has 9 heteroatoms. The van der Waals surface area contributed by atoms with Crippen molar-refractivity contribution in [2.24, 2.45) is 0 Å². The number of rotatable bonds is 6. The molecule has 1 aromatic carbocycles. The number of piperazine rings is 1. The van der Waals surface area contributed by atoms with E-state index in [2.05, 4.69) is 20.6 Å². The molecule has 3 rings (SSSR count). The number of aromatic nitrogens is 2. The van der Waals surface area contributed by atoms with E-state index < -0.39 is 6.04 Å². The molecule has 0 aliphatic carbocycles. The number of amides is 3. The van der Waals surface area contributed by atoms with E-state index in [1.165, 1.54) is 0 Å². The summed E-state index contributed by atoms with van der Waals surface area (Å²) in [7, 11) is 1.61. The molecule has 2 aromatic rings. The molecule has 29 heavy (non-hydrogen) atoms. The summed E-state index contributed by atoms with van der Waals surface area (Å²) in [4.78, 5) is 37.0. The lowest BCUT2D eigenvalue weighted by atomic mass is 10.2. The maximum Gasteiger partial charge on any atom is 0.318 e. The minimum Gasteiger partial charge on any atom is -0.497 e. The number of ether oxygens (including phenoxy) is 1. The Morgan fingerprint density at radius 2 is 1.76 bits per heavy atom. The average molecular weight is 398 g/mol. The molecule has 9 nitrogen and oxygen atoms in total. The van der Waals surface area contributed by atoms with E-state index in [9.17, 15) is 9.59 Å². The summed E-state index contributed by atoms with van der Waals surface area (Å²) >= 11 is 0. The van der Waals surface area contributed by atoms with E-state index in [1.54, 1.807) is 37.4 Å². The highest BCUT2D eigenvalue weighted by atomic mass is 16.5. The zero-order valence-corrected chi connectivity index (χ0v) is 16.7. The maximum absolute atomic E-state index is 12.5. The normalized spacial score (nSPS) is 14.8. The van der Waals surface area contributed by atoms with Crippen LogP contribution in [0, 0.1) is 0 Å². The molecule has 1 fully saturated rings. The van der Waals surface area contributed by atoms with Crippen LogP contribution < -0.4 is 20.3 Å². The van der Waals surface area contributed by atoms with Gasteiger partial charge in [0.15, 0.2) is 0 Å². The molecule has 1 unspecified atom stereocenters. The largest absolute Gasteiger partial charge is 0.497 e. The van der Waals surface area contributed by atoms with E-state index in [1.807, 2.05) is 29.2 Å². The zero-order valence-electron chi connectivity index (χ0n) is 16.7. The quantitative estimate of drug-likeness (QED) is 0.754. The summed E-state index contributed by atoms with van der Waals surface area (Å²) in [6.45, 7) is 4.45. The molecule has 0 radical (unpaired) electrons. The van der Waals surface area contributed by atoms with Crippen molar-refractivity contribution in [1.82, 2.24) is 25.5 Å². The van der Waals surface area contributed by atoms with Crippen LogP contribution in [0.5, 0.6) is 5.75 Å². The van der Waals surface area contributed by atoms with Crippen LogP contribution in [0.1, 0.15) is 12.5 Å². The third-order valence-electron chi connectivity index (χ3n) is 4.76. The molecular weight excluding hydrogens is 372 g/mol. The highest BCUT2D eigenvalue weighted by Crippen LogP contribution is 2.11. The van der Waals surface area contributed by atoms with Crippen molar-refractivity contribution in [3.63, 3.8) is 0 Å². The molecule has 1 aliphatic heterocycles. The van der Waals surface area contributed by atoms with Crippen LogP contribution in [-0.2, 0) is 11.3 Å². The molecule has 1 aliphatic rings. The van der Waals surface area contributed by atoms with Crippen molar-refractivity contribution in [3.8, 4) is 5.75 Å². The number of methoxy groups -OCH3 is 1. The Morgan fingerprint density at radius 1 is 1.10 bits per heavy atom. The van der Waals surface area contributed by atoms with Crippen LogP contribution in [0.4, 0.5) is 10.7 Å². The fourth-order valence-corrected chi connectivity index (χ4v) is 2.99. The summed E-state index contributed by atoms with van der Waals surface area (Å²) < 4.78 is 5.12. The van der Waals surface area contributed by atoms with Crippen molar-refractivity contribution in [3.05, 3.63) is 48.3 Å². The van der Waals surface area contributed by atoms with E-state index in [0.29, 0.717) is 38.7 Å². The summed E-state index contributed by atoms with van der Waals surface area (Å²) in [6.07, 6.45) is 3.40. The molecule has 1 atom stereocenters. The summed E-state index contributed by atoms with van der Waals surface area (Å²) in [5.41, 5.74) is 0.955. The number of carbonyl (C=O) groups is 2. The van der Waals surface area contributed by atoms with Crippen molar-refractivity contribution >= 4 is 17.9 Å². The van der Waals surface area contributed by atoms with Crippen LogP contribution in [0.2, 0.25) is 0 Å². The Balaban J connectivity index is 1.42. The minimum absolute atomic E-state index is 0.231. The summed E-state index contributed by atoms with van der Waals surface area (Å²) in [5.74, 6) is 1.20. The number of hydrogen-bond donors (Lipinski definition) is 2. The van der Waals surface area contributed by atoms with E-state index in [4.69, 9.17) is 4.74 Å². The van der Waals surface area contributed by atoms with Gasteiger partial charge >= 0.3 is 6.03 Å². The summed E-state index contributed by atoms with van der Waals surface area (Å²) in [5, 5.41) is 5.60. The molecular formula is C20H26N6O3. The molecule has 1 saturated heterocycles. The number of nitrogens with one attached hydrogen (secondary N) is 2. The Bertz CT molecular complexity index is 807. The first-order valence-electron chi connectivity index (χ1n) is 9.55. The summed E-state index contributed by atoms with van der Waals surface area (Å²) in [6, 6.07) is 8.35.